The smallest absolute Gasteiger partial charge is 0.246 e. The molecule has 2 amide bonds. The number of benzene rings is 2. The lowest BCUT2D eigenvalue weighted by molar-refractivity contribution is -0.159. The average molecular weight is 525 g/mol. The number of hydrogen-bond acceptors (Lipinski definition) is 5. The van der Waals surface area contributed by atoms with Crippen LogP contribution in [0.1, 0.15) is 64.4 Å². The molecule has 0 radical (unpaired) electrons. The number of amides is 2. The lowest BCUT2D eigenvalue weighted by atomic mass is 9.96. The Labute approximate surface area is 228 Å². The molecule has 2 atom stereocenters. The van der Waals surface area contributed by atoms with E-state index in [1.165, 1.54) is 32.1 Å². The number of hydrogen-bond donors (Lipinski definition) is 0. The van der Waals surface area contributed by atoms with Crippen LogP contribution in [0.15, 0.2) is 36.4 Å². The van der Waals surface area contributed by atoms with Crippen molar-refractivity contribution in [2.24, 2.45) is 0 Å². The summed E-state index contributed by atoms with van der Waals surface area (Å²) in [6, 6.07) is 11.0. The highest BCUT2D eigenvalue weighted by atomic mass is 16.5. The van der Waals surface area contributed by atoms with E-state index in [0.29, 0.717) is 30.2 Å². The van der Waals surface area contributed by atoms with Crippen LogP contribution in [0.3, 0.4) is 0 Å². The first-order chi connectivity index (χ1) is 18.4. The molecule has 1 saturated heterocycles. The van der Waals surface area contributed by atoms with Crippen LogP contribution in [0.5, 0.6) is 17.2 Å². The summed E-state index contributed by atoms with van der Waals surface area (Å²) in [7, 11) is 6.53. The predicted octanol–water partition coefficient (Wildman–Crippen LogP) is 5.73. The minimum absolute atomic E-state index is 0.00610. The quantitative estimate of drug-likeness (QED) is 0.295. The number of unbranched alkanes of at least 4 members (excludes halogenated alkanes) is 6. The molecule has 2 aromatic carbocycles. The van der Waals surface area contributed by atoms with Gasteiger partial charge < -0.3 is 24.0 Å². The highest BCUT2D eigenvalue weighted by molar-refractivity contribution is 5.96. The number of carbonyl (C=O) groups is 2. The first-order valence-electron chi connectivity index (χ1n) is 13.8. The van der Waals surface area contributed by atoms with Crippen LogP contribution in [0, 0.1) is 0 Å². The van der Waals surface area contributed by atoms with Crippen molar-refractivity contribution in [1.29, 1.82) is 0 Å². The molecule has 1 heterocycles. The molecule has 1 aliphatic heterocycles. The van der Waals surface area contributed by atoms with Crippen molar-refractivity contribution in [2.45, 2.75) is 77.3 Å². The first kappa shape index (κ1) is 29.3. The van der Waals surface area contributed by atoms with Crippen LogP contribution in [-0.4, -0.2) is 68.6 Å². The maximum Gasteiger partial charge on any atom is 0.246 e. The summed E-state index contributed by atoms with van der Waals surface area (Å²) in [5.74, 6) is 1.78. The number of carbonyl (C=O) groups excluding carboxylic acids is 2. The van der Waals surface area contributed by atoms with Crippen molar-refractivity contribution in [2.75, 3.05) is 34.9 Å². The molecule has 7 nitrogen and oxygen atoms in total. The molecule has 208 valence electrons. The molecule has 1 unspecified atom stereocenters. The fourth-order valence-electron chi connectivity index (χ4n) is 5.20. The van der Waals surface area contributed by atoms with E-state index in [-0.39, 0.29) is 11.8 Å². The normalized spacial score (nSPS) is 17.6. The van der Waals surface area contributed by atoms with Crippen LogP contribution >= 0.6 is 0 Å². The Morgan fingerprint density at radius 1 is 0.763 bits per heavy atom. The largest absolute Gasteiger partial charge is 0.493 e. The molecule has 0 saturated carbocycles. The average Bonchev–Trinajstić information content (AvgIpc) is 2.94. The second-order valence-corrected chi connectivity index (χ2v) is 10.1. The second-order valence-electron chi connectivity index (χ2n) is 10.1. The molecule has 0 bridgehead atoms. The maximum atomic E-state index is 13.5. The van der Waals surface area contributed by atoms with E-state index in [0.717, 1.165) is 29.5 Å². The van der Waals surface area contributed by atoms with Gasteiger partial charge in [-0.15, -0.1) is 0 Å². The molecule has 1 aliphatic rings. The van der Waals surface area contributed by atoms with E-state index in [4.69, 9.17) is 14.2 Å². The van der Waals surface area contributed by atoms with Gasteiger partial charge >= 0.3 is 0 Å². The molecule has 0 spiro atoms. The number of ether oxygens (including phenoxy) is 3. The third-order valence-corrected chi connectivity index (χ3v) is 7.59. The SMILES string of the molecule is CCCCCCCCCN1C(=O)C(Cc2ccc(-c3cc(OC)c(OC)c(OC)c3)cc2)N(C)C(=O)[C@@H]1C. The monoisotopic (exact) mass is 524 g/mol. The topological polar surface area (TPSA) is 68.3 Å². The van der Waals surface area contributed by atoms with Crippen molar-refractivity contribution in [1.82, 2.24) is 9.80 Å². The Morgan fingerprint density at radius 2 is 1.34 bits per heavy atom. The van der Waals surface area contributed by atoms with Gasteiger partial charge in [0.2, 0.25) is 17.6 Å². The highest BCUT2D eigenvalue weighted by Gasteiger charge is 2.41. The van der Waals surface area contributed by atoms with Crippen LogP contribution in [0.2, 0.25) is 0 Å². The lowest BCUT2D eigenvalue weighted by Crippen LogP contribution is -2.63. The van der Waals surface area contributed by atoms with E-state index < -0.39 is 12.1 Å². The molecule has 0 aliphatic carbocycles. The summed E-state index contributed by atoms with van der Waals surface area (Å²) in [5, 5.41) is 0. The van der Waals surface area contributed by atoms with E-state index in [1.807, 2.05) is 43.3 Å². The Morgan fingerprint density at radius 3 is 1.89 bits per heavy atom. The third-order valence-electron chi connectivity index (χ3n) is 7.59. The molecule has 2 aromatic rings. The number of likely N-dealkylation sites (N-methyl/N-ethyl adjacent to an activating group) is 1. The fraction of sp³-hybridized carbons (Fsp3) is 0.548. The molecule has 38 heavy (non-hydrogen) atoms. The van der Waals surface area contributed by atoms with Crippen molar-refractivity contribution in [3.8, 4) is 28.4 Å². The maximum absolute atomic E-state index is 13.5. The standard InChI is InChI=1S/C31H44N2O5/c1-7-8-9-10-11-12-13-18-33-22(2)30(34)32(3)26(31(33)35)19-23-14-16-24(17-15-23)25-20-27(36-4)29(38-6)28(21-25)37-5/h14-17,20-22,26H,7-13,18-19H2,1-6H3/t22-,26?/m0/s1. The van der Waals surface area contributed by atoms with Crippen LogP contribution < -0.4 is 14.2 Å². The van der Waals surface area contributed by atoms with Crippen molar-refractivity contribution in [3.05, 3.63) is 42.0 Å². The minimum Gasteiger partial charge on any atom is -0.493 e. The van der Waals surface area contributed by atoms with Gasteiger partial charge in [-0.25, -0.2) is 0 Å². The van der Waals surface area contributed by atoms with Crippen molar-refractivity contribution < 1.29 is 23.8 Å². The first-order valence-corrected chi connectivity index (χ1v) is 13.8. The van der Waals surface area contributed by atoms with Gasteiger partial charge in [-0.3, -0.25) is 9.59 Å². The van der Waals surface area contributed by atoms with Gasteiger partial charge in [0.05, 0.1) is 21.3 Å². The summed E-state index contributed by atoms with van der Waals surface area (Å²) < 4.78 is 16.4. The van der Waals surface area contributed by atoms with Crippen molar-refractivity contribution in [3.63, 3.8) is 0 Å². The summed E-state index contributed by atoms with van der Waals surface area (Å²) in [6.45, 7) is 4.71. The van der Waals surface area contributed by atoms with Gasteiger partial charge in [0, 0.05) is 20.0 Å². The minimum atomic E-state index is -0.490. The lowest BCUT2D eigenvalue weighted by Gasteiger charge is -2.42. The van der Waals surface area contributed by atoms with Crippen LogP contribution in [-0.2, 0) is 16.0 Å². The Hall–Kier alpha value is -3.22. The van der Waals surface area contributed by atoms with Crippen molar-refractivity contribution >= 4 is 11.8 Å². The summed E-state index contributed by atoms with van der Waals surface area (Å²) >= 11 is 0. The number of methoxy groups -OCH3 is 3. The molecule has 0 N–H and O–H groups in total. The molecule has 0 aromatic heterocycles. The fourth-order valence-corrected chi connectivity index (χ4v) is 5.20. The number of nitrogens with zero attached hydrogens (tertiary/aromatic N) is 2. The predicted molar refractivity (Wildman–Crippen MR) is 151 cm³/mol. The van der Waals surface area contributed by atoms with Gasteiger partial charge in [-0.05, 0) is 42.2 Å². The summed E-state index contributed by atoms with van der Waals surface area (Å²) in [4.78, 5) is 29.9. The molecule has 1 fully saturated rings. The second kappa shape index (κ2) is 14.1. The Balaban J connectivity index is 1.69. The zero-order chi connectivity index (χ0) is 27.7. The molecule has 3 rings (SSSR count). The van der Waals surface area contributed by atoms with Crippen LogP contribution in [0.4, 0.5) is 0 Å². The van der Waals surface area contributed by atoms with E-state index in [1.54, 1.807) is 38.2 Å². The van der Waals surface area contributed by atoms with Gasteiger partial charge in [-0.2, -0.15) is 0 Å². The van der Waals surface area contributed by atoms with Gasteiger partial charge in [0.1, 0.15) is 12.1 Å². The van der Waals surface area contributed by atoms with E-state index in [9.17, 15) is 9.59 Å². The summed E-state index contributed by atoms with van der Waals surface area (Å²) in [6.07, 6.45) is 8.75. The Bertz CT molecular complexity index is 1040. The van der Waals surface area contributed by atoms with Gasteiger partial charge in [0.25, 0.3) is 0 Å². The van der Waals surface area contributed by atoms with E-state index in [2.05, 4.69) is 6.92 Å². The Kier molecular flexibility index (Phi) is 10.9. The van der Waals surface area contributed by atoms with Gasteiger partial charge in [0.15, 0.2) is 11.5 Å². The zero-order valence-corrected chi connectivity index (χ0v) is 23.9. The van der Waals surface area contributed by atoms with E-state index >= 15 is 0 Å². The zero-order valence-electron chi connectivity index (χ0n) is 23.9. The molecular formula is C31H44N2O5. The number of piperazine rings is 1. The van der Waals surface area contributed by atoms with Crippen LogP contribution in [0.25, 0.3) is 11.1 Å². The highest BCUT2D eigenvalue weighted by Crippen LogP contribution is 2.41. The third kappa shape index (κ3) is 6.80. The van der Waals surface area contributed by atoms with Gasteiger partial charge in [-0.1, -0.05) is 69.7 Å². The molecular weight excluding hydrogens is 480 g/mol. The number of rotatable bonds is 14. The molecule has 7 heteroatoms. The summed E-state index contributed by atoms with van der Waals surface area (Å²) in [5.41, 5.74) is 2.92.